The second-order valence-corrected chi connectivity index (χ2v) is 9.04. The van der Waals surface area contributed by atoms with Gasteiger partial charge in [0, 0.05) is 11.8 Å². The topological polar surface area (TPSA) is 103 Å². The third-order valence-corrected chi connectivity index (χ3v) is 6.03. The number of fused-ring (bicyclic) bond motifs is 1. The van der Waals surface area contributed by atoms with Crippen LogP contribution in [0, 0.1) is 6.92 Å². The molecule has 1 aromatic carbocycles. The van der Waals surface area contributed by atoms with Crippen molar-refractivity contribution in [2.45, 2.75) is 45.3 Å². The number of aromatic nitrogens is 5. The molecule has 0 saturated heterocycles. The van der Waals surface area contributed by atoms with E-state index in [0.29, 0.717) is 45.6 Å². The highest BCUT2D eigenvalue weighted by molar-refractivity contribution is 6.33. The van der Waals surface area contributed by atoms with E-state index in [1.54, 1.807) is 24.4 Å². The minimum absolute atomic E-state index is 0.105. The van der Waals surface area contributed by atoms with Crippen LogP contribution in [0.1, 0.15) is 36.6 Å². The first kappa shape index (κ1) is 21.3. The van der Waals surface area contributed by atoms with E-state index in [2.05, 4.69) is 15.0 Å². The quantitative estimate of drug-likeness (QED) is 0.431. The van der Waals surface area contributed by atoms with Gasteiger partial charge in [0.05, 0.1) is 23.7 Å². The van der Waals surface area contributed by atoms with Gasteiger partial charge >= 0.3 is 5.97 Å². The normalized spacial score (nSPS) is 14.4. The number of hydrogen-bond acceptors (Lipinski definition) is 6. The Bertz CT molecular complexity index is 1380. The van der Waals surface area contributed by atoms with Crippen molar-refractivity contribution in [3.63, 3.8) is 0 Å². The number of carboxylic acid groups (broad SMARTS) is 1. The zero-order valence-electron chi connectivity index (χ0n) is 18.2. The molecule has 3 heterocycles. The van der Waals surface area contributed by atoms with E-state index in [9.17, 15) is 4.79 Å². The molecule has 1 aliphatic rings. The minimum atomic E-state index is -0.915. The molecule has 0 radical (unpaired) electrons. The lowest BCUT2D eigenvalue weighted by atomic mass is 10.1. The lowest BCUT2D eigenvalue weighted by molar-refractivity contribution is -0.136. The number of ether oxygens (including phenoxy) is 1. The van der Waals surface area contributed by atoms with Crippen LogP contribution in [0.2, 0.25) is 5.02 Å². The van der Waals surface area contributed by atoms with Crippen molar-refractivity contribution >= 4 is 28.7 Å². The van der Waals surface area contributed by atoms with Gasteiger partial charge in [-0.05, 0) is 62.1 Å². The standard InChI is InChI=1S/C24H22ClN5O3/c1-14-5-8-26-16(9-14)12-30-21(17-4-3-15(10-18(17)25)11-19(31)32)29-20-22(30)27-13-28-23(20)33-24(2)6-7-24/h3-5,8-10,13H,6-7,11-12H2,1-2H3,(H,31,32). The summed E-state index contributed by atoms with van der Waals surface area (Å²) >= 11 is 6.60. The molecule has 168 valence electrons. The molecular formula is C24H22ClN5O3. The van der Waals surface area contributed by atoms with Crippen LogP contribution in [0.5, 0.6) is 5.88 Å². The van der Waals surface area contributed by atoms with Gasteiger partial charge in [0.15, 0.2) is 11.2 Å². The van der Waals surface area contributed by atoms with Crippen LogP contribution in [0.15, 0.2) is 42.9 Å². The molecule has 4 aromatic rings. The summed E-state index contributed by atoms with van der Waals surface area (Å²) in [7, 11) is 0. The molecule has 9 heteroatoms. The monoisotopic (exact) mass is 463 g/mol. The Hall–Kier alpha value is -3.52. The number of carboxylic acids is 1. The van der Waals surface area contributed by atoms with Gasteiger partial charge in [0.1, 0.15) is 17.8 Å². The number of imidazole rings is 1. The van der Waals surface area contributed by atoms with Crippen LogP contribution in [0.4, 0.5) is 0 Å². The minimum Gasteiger partial charge on any atom is -0.481 e. The smallest absolute Gasteiger partial charge is 0.307 e. The SMILES string of the molecule is Cc1ccnc(Cn2c(-c3ccc(CC(=O)O)cc3Cl)nc3c(OC4(C)CC4)ncnc32)c1. The molecule has 0 spiro atoms. The number of nitrogens with zero attached hydrogens (tertiary/aromatic N) is 5. The van der Waals surface area contributed by atoms with E-state index in [0.717, 1.165) is 24.1 Å². The van der Waals surface area contributed by atoms with Gasteiger partial charge in [-0.15, -0.1) is 0 Å². The number of carbonyl (C=O) groups is 1. The number of rotatable bonds is 7. The van der Waals surface area contributed by atoms with Crippen molar-refractivity contribution in [1.29, 1.82) is 0 Å². The van der Waals surface area contributed by atoms with E-state index >= 15 is 0 Å². The van der Waals surface area contributed by atoms with Crippen molar-refractivity contribution in [3.05, 3.63) is 64.7 Å². The van der Waals surface area contributed by atoms with Crippen molar-refractivity contribution in [2.75, 3.05) is 0 Å². The molecule has 1 fully saturated rings. The molecule has 5 rings (SSSR count). The van der Waals surface area contributed by atoms with Crippen LogP contribution < -0.4 is 4.74 Å². The summed E-state index contributed by atoms with van der Waals surface area (Å²) in [4.78, 5) is 29.3. The third kappa shape index (κ3) is 4.39. The number of benzene rings is 1. The second kappa shape index (κ2) is 8.12. The molecule has 1 saturated carbocycles. The zero-order valence-corrected chi connectivity index (χ0v) is 19.0. The lowest BCUT2D eigenvalue weighted by Crippen LogP contribution is -2.13. The first-order chi connectivity index (χ1) is 15.8. The summed E-state index contributed by atoms with van der Waals surface area (Å²) in [5.41, 5.74) is 4.18. The van der Waals surface area contributed by atoms with Gasteiger partial charge in [-0.3, -0.25) is 9.78 Å². The van der Waals surface area contributed by atoms with Gasteiger partial charge in [0.25, 0.3) is 0 Å². The van der Waals surface area contributed by atoms with Gasteiger partial charge < -0.3 is 14.4 Å². The van der Waals surface area contributed by atoms with Gasteiger partial charge in [-0.1, -0.05) is 17.7 Å². The van der Waals surface area contributed by atoms with E-state index in [4.69, 9.17) is 26.4 Å². The average Bonchev–Trinajstić information content (AvgIpc) is 3.37. The fourth-order valence-corrected chi connectivity index (χ4v) is 4.02. The Labute approximate surface area is 195 Å². The molecule has 0 aliphatic heterocycles. The third-order valence-electron chi connectivity index (χ3n) is 5.72. The van der Waals surface area contributed by atoms with E-state index in [1.807, 2.05) is 30.5 Å². The lowest BCUT2D eigenvalue weighted by Gasteiger charge is -2.12. The molecular weight excluding hydrogens is 442 g/mol. The Kier molecular flexibility index (Phi) is 5.25. The highest BCUT2D eigenvalue weighted by Gasteiger charge is 2.41. The van der Waals surface area contributed by atoms with Crippen LogP contribution in [0.25, 0.3) is 22.6 Å². The maximum absolute atomic E-state index is 11.1. The maximum Gasteiger partial charge on any atom is 0.307 e. The molecule has 0 atom stereocenters. The average molecular weight is 464 g/mol. The molecule has 0 unspecified atom stereocenters. The van der Waals surface area contributed by atoms with Gasteiger partial charge in [-0.25, -0.2) is 9.97 Å². The van der Waals surface area contributed by atoms with E-state index < -0.39 is 5.97 Å². The molecule has 0 amide bonds. The maximum atomic E-state index is 11.1. The van der Waals surface area contributed by atoms with Crippen LogP contribution in [-0.4, -0.2) is 41.2 Å². The van der Waals surface area contributed by atoms with E-state index in [-0.39, 0.29) is 12.0 Å². The summed E-state index contributed by atoms with van der Waals surface area (Å²) in [6.07, 6.45) is 5.08. The molecule has 3 aromatic heterocycles. The van der Waals surface area contributed by atoms with Crippen molar-refractivity contribution in [1.82, 2.24) is 24.5 Å². The molecule has 33 heavy (non-hydrogen) atoms. The molecule has 1 aliphatic carbocycles. The van der Waals surface area contributed by atoms with Crippen molar-refractivity contribution < 1.29 is 14.6 Å². The Balaban J connectivity index is 1.66. The first-order valence-electron chi connectivity index (χ1n) is 10.6. The summed E-state index contributed by atoms with van der Waals surface area (Å²) < 4.78 is 8.10. The predicted molar refractivity (Wildman–Crippen MR) is 123 cm³/mol. The Morgan fingerprint density at radius 2 is 2.03 bits per heavy atom. The van der Waals surface area contributed by atoms with Gasteiger partial charge in [0.2, 0.25) is 5.88 Å². The molecule has 0 bridgehead atoms. The zero-order chi connectivity index (χ0) is 23.2. The number of halogens is 1. The van der Waals surface area contributed by atoms with Crippen molar-refractivity contribution in [2.24, 2.45) is 0 Å². The number of aryl methyl sites for hydroxylation is 1. The highest BCUT2D eigenvalue weighted by atomic mass is 35.5. The summed E-state index contributed by atoms with van der Waals surface area (Å²) in [5.74, 6) is 0.115. The number of aliphatic carboxylic acids is 1. The largest absolute Gasteiger partial charge is 0.481 e. The Morgan fingerprint density at radius 3 is 2.73 bits per heavy atom. The number of pyridine rings is 1. The van der Waals surface area contributed by atoms with E-state index in [1.165, 1.54) is 6.33 Å². The van der Waals surface area contributed by atoms with Crippen molar-refractivity contribution in [3.8, 4) is 17.3 Å². The highest BCUT2D eigenvalue weighted by Crippen LogP contribution is 2.41. The van der Waals surface area contributed by atoms with Crippen LogP contribution in [0.3, 0.4) is 0 Å². The van der Waals surface area contributed by atoms with Crippen LogP contribution in [-0.2, 0) is 17.8 Å². The first-order valence-corrected chi connectivity index (χ1v) is 11.0. The number of hydrogen-bond donors (Lipinski definition) is 1. The fraction of sp³-hybridized carbons (Fsp3) is 0.292. The summed E-state index contributed by atoms with van der Waals surface area (Å²) in [6.45, 7) is 4.49. The fourth-order valence-electron chi connectivity index (χ4n) is 3.73. The summed E-state index contributed by atoms with van der Waals surface area (Å²) in [5, 5.41) is 9.51. The van der Waals surface area contributed by atoms with Gasteiger partial charge in [-0.2, -0.15) is 4.98 Å². The molecule has 1 N–H and O–H groups in total. The molecule has 8 nitrogen and oxygen atoms in total. The Morgan fingerprint density at radius 1 is 1.21 bits per heavy atom. The summed E-state index contributed by atoms with van der Waals surface area (Å²) in [6, 6.07) is 9.15. The second-order valence-electron chi connectivity index (χ2n) is 8.63. The van der Waals surface area contributed by atoms with Crippen LogP contribution >= 0.6 is 11.6 Å². The predicted octanol–water partition coefficient (Wildman–Crippen LogP) is 4.46.